The molecule has 0 radical (unpaired) electrons. The monoisotopic (exact) mass is 396 g/mol. The van der Waals surface area contributed by atoms with Crippen LogP contribution in [0.5, 0.6) is 11.5 Å². The van der Waals surface area contributed by atoms with Gasteiger partial charge >= 0.3 is 0 Å². The average molecular weight is 397 g/mol. The van der Waals surface area contributed by atoms with Gasteiger partial charge in [-0.25, -0.2) is 0 Å². The van der Waals surface area contributed by atoms with Gasteiger partial charge in [0.15, 0.2) is 6.33 Å². The summed E-state index contributed by atoms with van der Waals surface area (Å²) in [5, 5.41) is 3.86. The maximum atomic E-state index is 6.61. The van der Waals surface area contributed by atoms with Gasteiger partial charge in [-0.1, -0.05) is 36.6 Å². The van der Waals surface area contributed by atoms with E-state index in [1.165, 1.54) is 24.7 Å². The summed E-state index contributed by atoms with van der Waals surface area (Å²) < 4.78 is 18.1. The van der Waals surface area contributed by atoms with E-state index in [0.717, 1.165) is 53.9 Å². The number of allylic oxidation sites excluding steroid dienone is 2. The number of hydrogen-bond acceptors (Lipinski definition) is 5. The molecule has 1 aromatic carbocycles. The largest absolute Gasteiger partial charge is 0.495 e. The third-order valence-electron chi connectivity index (χ3n) is 6.54. The van der Waals surface area contributed by atoms with Crippen molar-refractivity contribution < 1.29 is 14.0 Å². The first-order valence-electron chi connectivity index (χ1n) is 10.8. The van der Waals surface area contributed by atoms with Crippen molar-refractivity contribution in [3.8, 4) is 23.0 Å². The Morgan fingerprint density at radius 2 is 2.10 bits per heavy atom. The van der Waals surface area contributed by atoms with Crippen LogP contribution in [0.1, 0.15) is 76.8 Å². The summed E-state index contributed by atoms with van der Waals surface area (Å²) in [7, 11) is 1.74. The van der Waals surface area contributed by atoms with Gasteiger partial charge in [0, 0.05) is 17.4 Å². The van der Waals surface area contributed by atoms with Crippen molar-refractivity contribution in [3.05, 3.63) is 35.2 Å². The highest BCUT2D eigenvalue weighted by molar-refractivity contribution is 5.74. The van der Waals surface area contributed by atoms with Gasteiger partial charge in [-0.3, -0.25) is 0 Å². The van der Waals surface area contributed by atoms with Gasteiger partial charge in [0.05, 0.1) is 12.7 Å². The predicted molar refractivity (Wildman–Crippen MR) is 113 cm³/mol. The number of rotatable bonds is 6. The molecule has 1 aliphatic heterocycles. The van der Waals surface area contributed by atoms with E-state index in [0.29, 0.717) is 11.8 Å². The van der Waals surface area contributed by atoms with Crippen LogP contribution in [0, 0.1) is 5.92 Å². The summed E-state index contributed by atoms with van der Waals surface area (Å²) >= 11 is 0. The smallest absolute Gasteiger partial charge is 0.261 e. The van der Waals surface area contributed by atoms with Crippen LogP contribution in [0.15, 0.2) is 28.6 Å². The van der Waals surface area contributed by atoms with E-state index < -0.39 is 0 Å². The topological polar surface area (TPSA) is 57.4 Å². The molecule has 4 rings (SSSR count). The Kier molecular flexibility index (Phi) is 5.41. The first kappa shape index (κ1) is 20.0. The van der Waals surface area contributed by atoms with Crippen molar-refractivity contribution >= 4 is 0 Å². The molecule has 0 amide bonds. The van der Waals surface area contributed by atoms with Gasteiger partial charge in [0.1, 0.15) is 17.1 Å². The van der Waals surface area contributed by atoms with Crippen LogP contribution >= 0.6 is 0 Å². The Morgan fingerprint density at radius 3 is 2.79 bits per heavy atom. The van der Waals surface area contributed by atoms with E-state index in [4.69, 9.17) is 14.0 Å². The summed E-state index contributed by atoms with van der Waals surface area (Å²) in [6.45, 7) is 8.88. The molecular weight excluding hydrogens is 364 g/mol. The van der Waals surface area contributed by atoms with Crippen LogP contribution in [0.4, 0.5) is 0 Å². The van der Waals surface area contributed by atoms with Crippen LogP contribution in [-0.2, 0) is 6.42 Å². The minimum atomic E-state index is -0.216. The first-order chi connectivity index (χ1) is 14.0. The first-order valence-corrected chi connectivity index (χ1v) is 10.8. The fourth-order valence-electron chi connectivity index (χ4n) is 5.09. The van der Waals surface area contributed by atoms with Gasteiger partial charge in [-0.05, 0) is 58.1 Å². The zero-order valence-electron chi connectivity index (χ0n) is 18.2. The Balaban J connectivity index is 1.93. The Morgan fingerprint density at radius 1 is 1.28 bits per heavy atom. The highest BCUT2D eigenvalue weighted by atomic mass is 16.5. The lowest BCUT2D eigenvalue weighted by atomic mass is 9.67. The van der Waals surface area contributed by atoms with Crippen LogP contribution in [-0.4, -0.2) is 22.9 Å². The molecular formula is C24H32N2O3. The number of aromatic nitrogens is 2. The lowest BCUT2D eigenvalue weighted by Gasteiger charge is -2.47. The van der Waals surface area contributed by atoms with Gasteiger partial charge in [-0.2, -0.15) is 4.98 Å². The number of unbranched alkanes of at least 4 members (excludes halogenated alkanes) is 2. The lowest BCUT2D eigenvalue weighted by Crippen LogP contribution is -2.45. The van der Waals surface area contributed by atoms with E-state index in [1.54, 1.807) is 7.11 Å². The second kappa shape index (κ2) is 7.85. The number of methoxy groups -OCH3 is 1. The molecule has 5 heteroatoms. The van der Waals surface area contributed by atoms with Gasteiger partial charge < -0.3 is 14.0 Å². The quantitative estimate of drug-likeness (QED) is 0.437. The molecule has 0 spiro atoms. The molecule has 29 heavy (non-hydrogen) atoms. The number of fused-ring (bicyclic) bond motifs is 3. The van der Waals surface area contributed by atoms with E-state index in [9.17, 15) is 0 Å². The molecule has 1 aliphatic carbocycles. The lowest BCUT2D eigenvalue weighted by molar-refractivity contribution is 0.0107. The van der Waals surface area contributed by atoms with E-state index in [-0.39, 0.29) is 11.5 Å². The molecule has 0 saturated heterocycles. The fourth-order valence-corrected chi connectivity index (χ4v) is 5.09. The molecule has 0 bridgehead atoms. The van der Waals surface area contributed by atoms with Crippen molar-refractivity contribution in [2.24, 2.45) is 5.92 Å². The van der Waals surface area contributed by atoms with Crippen molar-refractivity contribution in [3.63, 3.8) is 0 Å². The molecule has 0 fully saturated rings. The molecule has 156 valence electrons. The number of benzene rings is 1. The predicted octanol–water partition coefficient (Wildman–Crippen LogP) is 6.09. The SMILES string of the molecule is CCCCCc1cc2c(c(OC)c1-c1ncno1)C1C=C(C)CCC1C(C)(C)O2. The molecule has 2 aromatic rings. The normalized spacial score (nSPS) is 22.3. The summed E-state index contributed by atoms with van der Waals surface area (Å²) in [6, 6.07) is 2.20. The second-order valence-corrected chi connectivity index (χ2v) is 8.95. The van der Waals surface area contributed by atoms with Gasteiger partial charge in [0.2, 0.25) is 0 Å². The molecule has 2 aliphatic rings. The van der Waals surface area contributed by atoms with E-state index in [2.05, 4.69) is 50.0 Å². The van der Waals surface area contributed by atoms with Crippen molar-refractivity contribution in [1.29, 1.82) is 0 Å². The molecule has 5 nitrogen and oxygen atoms in total. The molecule has 2 unspecified atom stereocenters. The summed E-state index contributed by atoms with van der Waals surface area (Å²) in [4.78, 5) is 4.37. The highest BCUT2D eigenvalue weighted by Gasteiger charge is 2.46. The van der Waals surface area contributed by atoms with E-state index >= 15 is 0 Å². The molecule has 2 heterocycles. The summed E-state index contributed by atoms with van der Waals surface area (Å²) in [5.41, 5.74) is 4.43. The van der Waals surface area contributed by atoms with Crippen LogP contribution in [0.3, 0.4) is 0 Å². The molecule has 0 saturated carbocycles. The zero-order valence-corrected chi connectivity index (χ0v) is 18.2. The van der Waals surface area contributed by atoms with Crippen LogP contribution < -0.4 is 9.47 Å². The third-order valence-corrected chi connectivity index (χ3v) is 6.54. The van der Waals surface area contributed by atoms with Crippen molar-refractivity contribution in [1.82, 2.24) is 10.1 Å². The average Bonchev–Trinajstić information content (AvgIpc) is 3.20. The highest BCUT2D eigenvalue weighted by Crippen LogP contribution is 2.56. The van der Waals surface area contributed by atoms with Gasteiger partial charge in [0.25, 0.3) is 5.89 Å². The fraction of sp³-hybridized carbons (Fsp3) is 0.583. The van der Waals surface area contributed by atoms with Crippen molar-refractivity contribution in [2.45, 2.75) is 77.7 Å². The minimum Gasteiger partial charge on any atom is -0.495 e. The molecule has 0 N–H and O–H groups in total. The summed E-state index contributed by atoms with van der Waals surface area (Å²) in [5.74, 6) is 2.97. The van der Waals surface area contributed by atoms with Crippen LogP contribution in [0.25, 0.3) is 11.5 Å². The van der Waals surface area contributed by atoms with Crippen LogP contribution in [0.2, 0.25) is 0 Å². The van der Waals surface area contributed by atoms with E-state index in [1.807, 2.05) is 0 Å². The maximum absolute atomic E-state index is 6.61. The number of hydrogen-bond donors (Lipinski definition) is 0. The Labute approximate surface area is 173 Å². The summed E-state index contributed by atoms with van der Waals surface area (Å²) in [6.07, 6.45) is 10.5. The second-order valence-electron chi connectivity index (χ2n) is 8.95. The third kappa shape index (κ3) is 3.56. The zero-order chi connectivity index (χ0) is 20.6. The standard InChI is InChI=1S/C24H32N2O3/c1-6-7-8-9-16-13-19-21(22(27-5)20(16)23-25-14-26-29-23)17-12-15(2)10-11-18(17)24(3,4)28-19/h12-14,17-18H,6-11H2,1-5H3. The maximum Gasteiger partial charge on any atom is 0.261 e. The Hall–Kier alpha value is -2.30. The Bertz CT molecular complexity index is 899. The minimum absolute atomic E-state index is 0.216. The van der Waals surface area contributed by atoms with Gasteiger partial charge in [-0.15, -0.1) is 0 Å². The molecule has 1 aromatic heterocycles. The van der Waals surface area contributed by atoms with Crippen molar-refractivity contribution in [2.75, 3.05) is 7.11 Å². The molecule has 2 atom stereocenters. The number of aryl methyl sites for hydroxylation is 1. The number of nitrogens with zero attached hydrogens (tertiary/aromatic N) is 2. The number of ether oxygens (including phenoxy) is 2.